The Bertz CT molecular complexity index is 571. The van der Waals surface area contributed by atoms with Crippen molar-refractivity contribution in [2.24, 2.45) is 0 Å². The number of carbonyl (C=O) groups excluding carboxylic acids is 1. The summed E-state index contributed by atoms with van der Waals surface area (Å²) in [6.07, 6.45) is 1.08. The molecule has 5 nitrogen and oxygen atoms in total. The molecule has 0 amide bonds. The van der Waals surface area contributed by atoms with E-state index in [9.17, 15) is 13.2 Å². The van der Waals surface area contributed by atoms with Gasteiger partial charge < -0.3 is 5.32 Å². The Kier molecular flexibility index (Phi) is 4.94. The third kappa shape index (κ3) is 5.71. The van der Waals surface area contributed by atoms with Gasteiger partial charge in [0.2, 0.25) is 10.0 Å². The molecule has 0 aliphatic heterocycles. The van der Waals surface area contributed by atoms with Crippen molar-refractivity contribution >= 4 is 21.5 Å². The molecule has 1 rings (SSSR count). The lowest BCUT2D eigenvalue weighted by molar-refractivity contribution is 0.0936. The predicted octanol–water partition coefficient (Wildman–Crippen LogP) is 2.02. The Hall–Kier alpha value is -1.40. The maximum atomic E-state index is 12.2. The van der Waals surface area contributed by atoms with Crippen molar-refractivity contribution in [3.05, 3.63) is 29.8 Å². The van der Waals surface area contributed by atoms with E-state index in [0.29, 0.717) is 11.3 Å². The van der Waals surface area contributed by atoms with Crippen molar-refractivity contribution in [3.8, 4) is 0 Å². The van der Waals surface area contributed by atoms with Gasteiger partial charge in [0.15, 0.2) is 5.78 Å². The van der Waals surface area contributed by atoms with E-state index in [-0.39, 0.29) is 17.4 Å². The zero-order valence-electron chi connectivity index (χ0n) is 12.5. The Balaban J connectivity index is 2.80. The smallest absolute Gasteiger partial charge is 0.229 e. The van der Waals surface area contributed by atoms with Crippen LogP contribution in [0.2, 0.25) is 0 Å². The van der Waals surface area contributed by atoms with Crippen LogP contribution in [0, 0.1) is 0 Å². The molecule has 1 aromatic rings. The summed E-state index contributed by atoms with van der Waals surface area (Å²) in [4.78, 5) is 12.2. The molecule has 20 heavy (non-hydrogen) atoms. The fraction of sp³-hybridized carbons (Fsp3) is 0.500. The van der Waals surface area contributed by atoms with Gasteiger partial charge in [0, 0.05) is 16.8 Å². The average Bonchev–Trinajstić information content (AvgIpc) is 2.24. The van der Waals surface area contributed by atoms with Crippen molar-refractivity contribution in [1.82, 2.24) is 5.32 Å². The minimum atomic E-state index is -3.30. The number of Topliss-reactive ketones (excluding diaryl/α,β-unsaturated/α-hetero) is 1. The summed E-state index contributed by atoms with van der Waals surface area (Å²) in [5, 5.41) is 3.21. The fourth-order valence-electron chi connectivity index (χ4n) is 1.88. The number of hydrogen-bond donors (Lipinski definition) is 2. The molecule has 2 N–H and O–H groups in total. The van der Waals surface area contributed by atoms with Crippen LogP contribution in [-0.2, 0) is 10.0 Å². The maximum absolute atomic E-state index is 12.2. The number of benzene rings is 1. The number of nitrogens with one attached hydrogen (secondary N) is 2. The summed E-state index contributed by atoms with van der Waals surface area (Å²) in [5.74, 6) is -0.0224. The molecule has 0 fully saturated rings. The summed E-state index contributed by atoms with van der Waals surface area (Å²) >= 11 is 0. The largest absolute Gasteiger partial charge is 0.303 e. The molecular formula is C14H22N2O3S. The molecule has 112 valence electrons. The molecule has 6 heteroatoms. The van der Waals surface area contributed by atoms with E-state index in [1.54, 1.807) is 24.3 Å². The molecular weight excluding hydrogens is 276 g/mol. The van der Waals surface area contributed by atoms with Gasteiger partial charge in [0.1, 0.15) is 0 Å². The number of sulfonamides is 1. The first-order valence-corrected chi connectivity index (χ1v) is 8.27. The summed E-state index contributed by atoms with van der Waals surface area (Å²) in [7, 11) is -3.30. The van der Waals surface area contributed by atoms with Gasteiger partial charge in [-0.3, -0.25) is 9.52 Å². The molecule has 0 bridgehead atoms. The molecule has 0 heterocycles. The van der Waals surface area contributed by atoms with E-state index in [4.69, 9.17) is 0 Å². The maximum Gasteiger partial charge on any atom is 0.229 e. The fourth-order valence-corrected chi connectivity index (χ4v) is 2.45. The number of ketones is 1. The average molecular weight is 298 g/mol. The zero-order chi connectivity index (χ0) is 15.6. The lowest BCUT2D eigenvalue weighted by Crippen LogP contribution is -2.46. The highest BCUT2D eigenvalue weighted by molar-refractivity contribution is 7.92. The van der Waals surface area contributed by atoms with Crippen LogP contribution in [0.25, 0.3) is 0 Å². The van der Waals surface area contributed by atoms with E-state index in [0.717, 1.165) is 6.26 Å². The second-order valence-corrected chi connectivity index (χ2v) is 7.68. The van der Waals surface area contributed by atoms with Gasteiger partial charge in [-0.05, 0) is 52.0 Å². The highest BCUT2D eigenvalue weighted by atomic mass is 32.2. The van der Waals surface area contributed by atoms with E-state index in [1.807, 2.05) is 27.7 Å². The van der Waals surface area contributed by atoms with Gasteiger partial charge in [-0.2, -0.15) is 0 Å². The van der Waals surface area contributed by atoms with E-state index in [1.165, 1.54) is 0 Å². The van der Waals surface area contributed by atoms with Crippen LogP contribution in [0.15, 0.2) is 24.3 Å². The number of hydrogen-bond acceptors (Lipinski definition) is 4. The minimum Gasteiger partial charge on any atom is -0.303 e. The Labute approximate surface area is 120 Å². The number of rotatable bonds is 5. The molecule has 0 aromatic heterocycles. The van der Waals surface area contributed by atoms with E-state index >= 15 is 0 Å². The Morgan fingerprint density at radius 2 is 1.65 bits per heavy atom. The van der Waals surface area contributed by atoms with Gasteiger partial charge in [0.25, 0.3) is 0 Å². The molecule has 1 aromatic carbocycles. The first-order valence-electron chi connectivity index (χ1n) is 6.38. The monoisotopic (exact) mass is 298 g/mol. The lowest BCUT2D eigenvalue weighted by Gasteiger charge is -2.25. The molecule has 0 aliphatic carbocycles. The van der Waals surface area contributed by atoms with Crippen molar-refractivity contribution in [2.75, 3.05) is 11.0 Å². The second kappa shape index (κ2) is 5.93. The van der Waals surface area contributed by atoms with E-state index < -0.39 is 10.0 Å². The zero-order valence-corrected chi connectivity index (χ0v) is 13.3. The van der Waals surface area contributed by atoms with Gasteiger partial charge in [-0.25, -0.2) is 8.42 Å². The molecule has 0 radical (unpaired) electrons. The van der Waals surface area contributed by atoms with Crippen LogP contribution in [0.1, 0.15) is 38.1 Å². The predicted molar refractivity (Wildman–Crippen MR) is 81.6 cm³/mol. The number of carbonyl (C=O) groups is 1. The van der Waals surface area contributed by atoms with Crippen LogP contribution in [0.5, 0.6) is 0 Å². The normalized spacial score (nSPS) is 13.8. The second-order valence-electron chi connectivity index (χ2n) is 5.93. The first kappa shape index (κ1) is 16.7. The highest BCUT2D eigenvalue weighted by Crippen LogP contribution is 2.13. The summed E-state index contributed by atoms with van der Waals surface area (Å²) in [6.45, 7) is 7.80. The van der Waals surface area contributed by atoms with Crippen LogP contribution >= 0.6 is 0 Å². The topological polar surface area (TPSA) is 75.3 Å². The highest BCUT2D eigenvalue weighted by Gasteiger charge is 2.20. The Morgan fingerprint density at radius 3 is 2.05 bits per heavy atom. The first-order chi connectivity index (χ1) is 8.98. The van der Waals surface area contributed by atoms with E-state index in [2.05, 4.69) is 10.0 Å². The van der Waals surface area contributed by atoms with Gasteiger partial charge in [0.05, 0.1) is 12.3 Å². The van der Waals surface area contributed by atoms with Crippen LogP contribution < -0.4 is 10.0 Å². The van der Waals surface area contributed by atoms with Crippen molar-refractivity contribution in [3.63, 3.8) is 0 Å². The molecule has 0 aliphatic rings. The summed E-state index contributed by atoms with van der Waals surface area (Å²) < 4.78 is 24.6. The van der Waals surface area contributed by atoms with Gasteiger partial charge in [-0.15, -0.1) is 0 Å². The summed E-state index contributed by atoms with van der Waals surface area (Å²) in [5.41, 5.74) is 0.848. The molecule has 1 atom stereocenters. The molecule has 0 unspecified atom stereocenters. The van der Waals surface area contributed by atoms with Gasteiger partial charge in [-0.1, -0.05) is 0 Å². The standard InChI is InChI=1S/C14H22N2O3S/c1-10(15-14(2,3)4)13(17)11-6-8-12(9-7-11)16-20(5,18)19/h6-10,15-16H,1-5H3/t10-/m0/s1. The third-order valence-corrected chi connectivity index (χ3v) is 3.12. The summed E-state index contributed by atoms with van der Waals surface area (Å²) in [6, 6.07) is 6.10. The molecule has 0 saturated heterocycles. The molecule has 0 spiro atoms. The van der Waals surface area contributed by atoms with Crippen molar-refractivity contribution in [1.29, 1.82) is 0 Å². The van der Waals surface area contributed by atoms with Crippen LogP contribution in [0.4, 0.5) is 5.69 Å². The van der Waals surface area contributed by atoms with Crippen molar-refractivity contribution < 1.29 is 13.2 Å². The molecule has 0 saturated carbocycles. The third-order valence-electron chi connectivity index (χ3n) is 2.52. The van der Waals surface area contributed by atoms with Crippen molar-refractivity contribution in [2.45, 2.75) is 39.3 Å². The quantitative estimate of drug-likeness (QED) is 0.816. The SMILES string of the molecule is C[C@H](NC(C)(C)C)C(=O)c1ccc(NS(C)(=O)=O)cc1. The Morgan fingerprint density at radius 1 is 1.15 bits per heavy atom. The van der Waals surface area contributed by atoms with Crippen LogP contribution in [-0.4, -0.2) is 32.0 Å². The minimum absolute atomic E-state index is 0.0224. The number of anilines is 1. The van der Waals surface area contributed by atoms with Gasteiger partial charge >= 0.3 is 0 Å². The lowest BCUT2D eigenvalue weighted by atomic mass is 10.0. The van der Waals surface area contributed by atoms with Crippen LogP contribution in [0.3, 0.4) is 0 Å².